The minimum Gasteiger partial charge on any atom is -0.339 e. The summed E-state index contributed by atoms with van der Waals surface area (Å²) in [6.07, 6.45) is -0.0926. The number of nitrogens with one attached hydrogen (secondary N) is 1. The van der Waals surface area contributed by atoms with Gasteiger partial charge in [-0.2, -0.15) is 13.2 Å². The Kier molecular flexibility index (Phi) is 6.15. The molecule has 1 heterocycles. The van der Waals surface area contributed by atoms with E-state index < -0.39 is 11.7 Å². The predicted molar refractivity (Wildman–Crippen MR) is 88.3 cm³/mol. The fourth-order valence-corrected chi connectivity index (χ4v) is 2.95. The highest BCUT2D eigenvalue weighted by molar-refractivity contribution is 5.94. The van der Waals surface area contributed by atoms with Crippen molar-refractivity contribution in [2.75, 3.05) is 19.6 Å². The van der Waals surface area contributed by atoms with Crippen molar-refractivity contribution in [3.8, 4) is 0 Å². The fraction of sp³-hybridized carbons (Fsp3) is 0.588. The number of halogens is 4. The van der Waals surface area contributed by atoms with E-state index >= 15 is 0 Å². The normalized spacial score (nSPS) is 19.0. The van der Waals surface area contributed by atoms with Crippen LogP contribution in [-0.4, -0.2) is 36.5 Å². The number of carbonyl (C=O) groups excluding carboxylic acids is 1. The van der Waals surface area contributed by atoms with Crippen molar-refractivity contribution in [1.29, 1.82) is 0 Å². The van der Waals surface area contributed by atoms with Gasteiger partial charge in [-0.05, 0) is 56.3 Å². The van der Waals surface area contributed by atoms with Crippen molar-refractivity contribution >= 4 is 18.3 Å². The van der Waals surface area contributed by atoms with Gasteiger partial charge in [-0.1, -0.05) is 6.07 Å². The monoisotopic (exact) mass is 362 g/mol. The first-order valence-electron chi connectivity index (χ1n) is 8.13. The lowest BCUT2D eigenvalue weighted by Gasteiger charge is -2.32. The predicted octanol–water partition coefficient (Wildman–Crippen LogP) is 3.73. The van der Waals surface area contributed by atoms with Gasteiger partial charge in [-0.3, -0.25) is 4.79 Å². The minimum atomic E-state index is -4.42. The molecule has 1 N–H and O–H groups in total. The van der Waals surface area contributed by atoms with Gasteiger partial charge < -0.3 is 10.2 Å². The van der Waals surface area contributed by atoms with Crippen LogP contribution in [0.15, 0.2) is 24.3 Å². The van der Waals surface area contributed by atoms with Gasteiger partial charge in [-0.15, -0.1) is 12.4 Å². The van der Waals surface area contributed by atoms with Crippen LogP contribution in [0.2, 0.25) is 0 Å². The smallest absolute Gasteiger partial charge is 0.339 e. The lowest BCUT2D eigenvalue weighted by Crippen LogP contribution is -2.45. The summed E-state index contributed by atoms with van der Waals surface area (Å²) >= 11 is 0. The summed E-state index contributed by atoms with van der Waals surface area (Å²) < 4.78 is 38.2. The molecule has 2 aliphatic rings. The van der Waals surface area contributed by atoms with Gasteiger partial charge in [0.25, 0.3) is 5.91 Å². The highest BCUT2D eigenvalue weighted by Crippen LogP contribution is 2.30. The molecule has 1 aromatic rings. The Morgan fingerprint density at radius 3 is 2.42 bits per heavy atom. The van der Waals surface area contributed by atoms with E-state index in [4.69, 9.17) is 0 Å². The molecule has 24 heavy (non-hydrogen) atoms. The minimum absolute atomic E-state index is 0. The highest BCUT2D eigenvalue weighted by Gasteiger charge is 2.32. The molecule has 0 bridgehead atoms. The summed E-state index contributed by atoms with van der Waals surface area (Å²) in [6, 6.07) is 5.10. The van der Waals surface area contributed by atoms with Gasteiger partial charge in [0.05, 0.1) is 5.56 Å². The Bertz CT molecular complexity index is 567. The topological polar surface area (TPSA) is 32.3 Å². The summed E-state index contributed by atoms with van der Waals surface area (Å²) in [6.45, 7) is 2.24. The molecule has 0 atom stereocenters. The maximum Gasteiger partial charge on any atom is 0.416 e. The van der Waals surface area contributed by atoms with Crippen LogP contribution in [0, 0.1) is 5.92 Å². The molecule has 7 heteroatoms. The molecular formula is C17H22ClF3N2O. The van der Waals surface area contributed by atoms with Crippen molar-refractivity contribution in [3.05, 3.63) is 35.4 Å². The van der Waals surface area contributed by atoms with E-state index in [1.165, 1.54) is 25.0 Å². The molecule has 0 unspecified atom stereocenters. The van der Waals surface area contributed by atoms with Crippen LogP contribution >= 0.6 is 12.4 Å². The van der Waals surface area contributed by atoms with Gasteiger partial charge in [0.2, 0.25) is 0 Å². The van der Waals surface area contributed by atoms with E-state index in [-0.39, 0.29) is 23.9 Å². The molecule has 0 spiro atoms. The second kappa shape index (κ2) is 7.74. The average molecular weight is 363 g/mol. The summed E-state index contributed by atoms with van der Waals surface area (Å²) in [5.74, 6) is 0.511. The molecule has 1 amide bonds. The van der Waals surface area contributed by atoms with Crippen LogP contribution in [0.3, 0.4) is 0 Å². The summed E-state index contributed by atoms with van der Waals surface area (Å²) in [5.41, 5.74) is -0.659. The maximum absolute atomic E-state index is 12.7. The zero-order valence-electron chi connectivity index (χ0n) is 13.3. The van der Waals surface area contributed by atoms with Gasteiger partial charge in [0.15, 0.2) is 0 Å². The van der Waals surface area contributed by atoms with E-state index in [2.05, 4.69) is 5.32 Å². The number of rotatable bonds is 4. The first-order valence-corrected chi connectivity index (χ1v) is 8.13. The van der Waals surface area contributed by atoms with Crippen molar-refractivity contribution in [2.45, 2.75) is 37.9 Å². The second-order valence-corrected chi connectivity index (χ2v) is 6.50. The molecule has 1 aliphatic carbocycles. The standard InChI is InChI=1S/C17H21F3N2O.ClH/c18-17(19,20)14-3-1-2-13(10-14)16(23)22-8-6-15(7-9-22)21-11-12-4-5-12;/h1-3,10,12,15,21H,4-9,11H2;1H. The van der Waals surface area contributed by atoms with E-state index in [0.29, 0.717) is 19.1 Å². The first-order chi connectivity index (χ1) is 10.9. The lowest BCUT2D eigenvalue weighted by atomic mass is 10.0. The van der Waals surface area contributed by atoms with Crippen LogP contribution in [0.5, 0.6) is 0 Å². The first kappa shape index (κ1) is 19.1. The zero-order valence-corrected chi connectivity index (χ0v) is 14.1. The number of amides is 1. The third-order valence-electron chi connectivity index (χ3n) is 4.61. The van der Waals surface area contributed by atoms with E-state index in [9.17, 15) is 18.0 Å². The summed E-state index contributed by atoms with van der Waals surface area (Å²) in [4.78, 5) is 14.1. The van der Waals surface area contributed by atoms with Crippen LogP contribution in [0.25, 0.3) is 0 Å². The van der Waals surface area contributed by atoms with E-state index in [1.807, 2.05) is 0 Å². The van der Waals surface area contributed by atoms with Crippen molar-refractivity contribution in [2.24, 2.45) is 5.92 Å². The number of hydrogen-bond acceptors (Lipinski definition) is 2. The number of alkyl halides is 3. The zero-order chi connectivity index (χ0) is 16.4. The molecule has 1 aliphatic heterocycles. The van der Waals surface area contributed by atoms with Crippen LogP contribution in [-0.2, 0) is 6.18 Å². The van der Waals surface area contributed by atoms with Crippen LogP contribution < -0.4 is 5.32 Å². The van der Waals surface area contributed by atoms with Gasteiger partial charge in [0, 0.05) is 24.7 Å². The van der Waals surface area contributed by atoms with E-state index in [0.717, 1.165) is 37.4 Å². The molecule has 0 aromatic heterocycles. The quantitative estimate of drug-likeness (QED) is 0.885. The summed E-state index contributed by atoms with van der Waals surface area (Å²) in [5, 5.41) is 3.53. The fourth-order valence-electron chi connectivity index (χ4n) is 2.95. The molecule has 0 radical (unpaired) electrons. The molecule has 3 rings (SSSR count). The van der Waals surface area contributed by atoms with Gasteiger partial charge in [-0.25, -0.2) is 0 Å². The Morgan fingerprint density at radius 2 is 1.83 bits per heavy atom. The summed E-state index contributed by atoms with van der Waals surface area (Å²) in [7, 11) is 0. The Hall–Kier alpha value is -1.27. The number of benzene rings is 1. The SMILES string of the molecule is Cl.O=C(c1cccc(C(F)(F)F)c1)N1CCC(NCC2CC2)CC1. The van der Waals surface area contributed by atoms with Crippen molar-refractivity contribution in [3.63, 3.8) is 0 Å². The van der Waals surface area contributed by atoms with Gasteiger partial charge in [0.1, 0.15) is 0 Å². The largest absolute Gasteiger partial charge is 0.416 e. The van der Waals surface area contributed by atoms with Crippen molar-refractivity contribution in [1.82, 2.24) is 10.2 Å². The molecule has 2 fully saturated rings. The molecule has 3 nitrogen and oxygen atoms in total. The Balaban J connectivity index is 0.00000208. The highest BCUT2D eigenvalue weighted by atomic mass is 35.5. The van der Waals surface area contributed by atoms with Gasteiger partial charge >= 0.3 is 6.18 Å². The third kappa shape index (κ3) is 4.86. The molecule has 1 saturated heterocycles. The Morgan fingerprint density at radius 1 is 1.17 bits per heavy atom. The number of piperidine rings is 1. The van der Waals surface area contributed by atoms with E-state index in [1.54, 1.807) is 4.90 Å². The second-order valence-electron chi connectivity index (χ2n) is 6.50. The number of carbonyl (C=O) groups is 1. The van der Waals surface area contributed by atoms with Crippen LogP contribution in [0.4, 0.5) is 13.2 Å². The average Bonchev–Trinajstić information content (AvgIpc) is 3.36. The molecule has 134 valence electrons. The lowest BCUT2D eigenvalue weighted by molar-refractivity contribution is -0.137. The molecule has 1 saturated carbocycles. The molecule has 1 aromatic carbocycles. The Labute approximate surface area is 146 Å². The van der Waals surface area contributed by atoms with Crippen LogP contribution in [0.1, 0.15) is 41.6 Å². The van der Waals surface area contributed by atoms with Crippen molar-refractivity contribution < 1.29 is 18.0 Å². The molecular weight excluding hydrogens is 341 g/mol. The maximum atomic E-state index is 12.7. The number of nitrogens with zero attached hydrogens (tertiary/aromatic N) is 1. The number of hydrogen-bond donors (Lipinski definition) is 1. The third-order valence-corrected chi connectivity index (χ3v) is 4.61. The number of likely N-dealkylation sites (tertiary alicyclic amines) is 1.